The predicted molar refractivity (Wildman–Crippen MR) is 155 cm³/mol. The lowest BCUT2D eigenvalue weighted by Gasteiger charge is -2.61. The Bertz CT molecular complexity index is 892. The number of hydrogen-bond acceptors (Lipinski definition) is 4. The van der Waals surface area contributed by atoms with Crippen molar-refractivity contribution in [1.29, 1.82) is 0 Å². The molecule has 6 aliphatic rings. The maximum atomic E-state index is 6.96. The van der Waals surface area contributed by atoms with E-state index in [2.05, 4.69) is 47.7 Å². The van der Waals surface area contributed by atoms with Crippen LogP contribution in [-0.4, -0.2) is 47.6 Å². The molecular weight excluding hydrogens is 488 g/mol. The first-order chi connectivity index (χ1) is 17.9. The lowest BCUT2D eigenvalue weighted by atomic mass is 9.45. The molecule has 0 aromatic carbocycles. The molecule has 6 rings (SSSR count). The van der Waals surface area contributed by atoms with Crippen LogP contribution >= 0.6 is 0 Å². The van der Waals surface area contributed by atoms with Gasteiger partial charge >= 0.3 is 0 Å². The summed E-state index contributed by atoms with van der Waals surface area (Å²) in [6, 6.07) is 1.25. The summed E-state index contributed by atoms with van der Waals surface area (Å²) in [6.45, 7) is 17.9. The predicted octanol–water partition coefficient (Wildman–Crippen LogP) is 7.77. The third-order valence-corrected chi connectivity index (χ3v) is 16.6. The van der Waals surface area contributed by atoms with Crippen LogP contribution in [0.4, 0.5) is 0 Å². The second kappa shape index (κ2) is 9.54. The fourth-order valence-corrected chi connectivity index (χ4v) is 15.5. The van der Waals surface area contributed by atoms with Crippen molar-refractivity contribution in [3.05, 3.63) is 0 Å². The van der Waals surface area contributed by atoms with Gasteiger partial charge in [-0.25, -0.2) is 0 Å². The lowest BCUT2D eigenvalue weighted by Crippen LogP contribution is -2.57. The largest absolute Gasteiger partial charge is 0.412 e. The molecule has 0 amide bonds. The Morgan fingerprint density at radius 2 is 1.74 bits per heavy atom. The molecule has 1 saturated heterocycles. The van der Waals surface area contributed by atoms with Gasteiger partial charge in [0.1, 0.15) is 6.79 Å². The monoisotopic (exact) mass is 546 g/mol. The van der Waals surface area contributed by atoms with Gasteiger partial charge in [-0.15, -0.1) is 0 Å². The first-order valence-electron chi connectivity index (χ1n) is 16.2. The average molecular weight is 547 g/mol. The van der Waals surface area contributed by atoms with Crippen LogP contribution in [0.1, 0.15) is 86.0 Å². The van der Waals surface area contributed by atoms with Crippen molar-refractivity contribution in [2.24, 2.45) is 63.6 Å². The Hall–Kier alpha value is 0.0569. The minimum absolute atomic E-state index is 0.121. The van der Waals surface area contributed by atoms with E-state index in [-0.39, 0.29) is 12.2 Å². The van der Waals surface area contributed by atoms with Crippen LogP contribution in [0.25, 0.3) is 0 Å². The Morgan fingerprint density at radius 3 is 2.39 bits per heavy atom. The number of methoxy groups -OCH3 is 2. The summed E-state index contributed by atoms with van der Waals surface area (Å²) in [5.41, 5.74) is 1.42. The number of hydrogen-bond donors (Lipinski definition) is 0. The molecule has 0 unspecified atom stereocenters. The van der Waals surface area contributed by atoms with Gasteiger partial charge in [-0.05, 0) is 129 Å². The molecule has 0 aromatic rings. The first-order valence-corrected chi connectivity index (χ1v) is 19.4. The van der Waals surface area contributed by atoms with E-state index in [4.69, 9.17) is 18.6 Å². The molecule has 218 valence electrons. The lowest BCUT2D eigenvalue weighted by molar-refractivity contribution is -0.172. The molecule has 6 fully saturated rings. The molecule has 0 N–H and O–H groups in total. The molecule has 1 aliphatic heterocycles. The fraction of sp³-hybridized carbons (Fsp3) is 1.00. The zero-order chi connectivity index (χ0) is 27.3. The van der Waals surface area contributed by atoms with Crippen LogP contribution in [0.2, 0.25) is 19.1 Å². The van der Waals surface area contributed by atoms with Gasteiger partial charge in [-0.1, -0.05) is 34.6 Å². The van der Waals surface area contributed by atoms with Gasteiger partial charge in [0.25, 0.3) is 0 Å². The first kappa shape index (κ1) is 28.2. The van der Waals surface area contributed by atoms with E-state index in [1.54, 1.807) is 7.11 Å². The van der Waals surface area contributed by atoms with E-state index in [9.17, 15) is 0 Å². The van der Waals surface area contributed by atoms with Crippen molar-refractivity contribution >= 4 is 8.32 Å². The molecule has 0 aromatic heterocycles. The molecular formula is C33H58O4Si. The van der Waals surface area contributed by atoms with Crippen molar-refractivity contribution in [2.75, 3.05) is 21.0 Å². The van der Waals surface area contributed by atoms with Crippen LogP contribution in [0.5, 0.6) is 0 Å². The second-order valence-electron chi connectivity index (χ2n) is 16.3. The summed E-state index contributed by atoms with van der Waals surface area (Å²) < 4.78 is 25.5. The molecule has 4 nitrogen and oxygen atoms in total. The summed E-state index contributed by atoms with van der Waals surface area (Å²) >= 11 is 0. The summed E-state index contributed by atoms with van der Waals surface area (Å²) in [5, 5.41) is 0. The zero-order valence-corrected chi connectivity index (χ0v) is 27.1. The highest BCUT2D eigenvalue weighted by molar-refractivity contribution is 6.71. The smallest absolute Gasteiger partial charge is 0.187 e. The van der Waals surface area contributed by atoms with Gasteiger partial charge < -0.3 is 18.6 Å². The van der Waals surface area contributed by atoms with E-state index >= 15 is 0 Å². The van der Waals surface area contributed by atoms with E-state index in [1.165, 1.54) is 57.4 Å². The van der Waals surface area contributed by atoms with Crippen molar-refractivity contribution in [3.63, 3.8) is 0 Å². The highest BCUT2D eigenvalue weighted by Crippen LogP contribution is 2.82. The Labute approximate surface area is 234 Å². The highest BCUT2D eigenvalue weighted by atomic mass is 28.4. The summed E-state index contributed by atoms with van der Waals surface area (Å²) in [6.07, 6.45) is 12.1. The fourth-order valence-electron chi connectivity index (χ4n) is 12.5. The molecule has 38 heavy (non-hydrogen) atoms. The molecule has 1 spiro atoms. The van der Waals surface area contributed by atoms with Gasteiger partial charge in [0, 0.05) is 19.6 Å². The van der Waals surface area contributed by atoms with Gasteiger partial charge in [0.2, 0.25) is 0 Å². The second-order valence-corrected chi connectivity index (χ2v) is 20.5. The summed E-state index contributed by atoms with van der Waals surface area (Å²) in [5.74, 6) is 5.91. The van der Waals surface area contributed by atoms with Crippen molar-refractivity contribution in [3.8, 4) is 0 Å². The third kappa shape index (κ3) is 3.87. The Kier molecular flexibility index (Phi) is 7.08. The van der Waals surface area contributed by atoms with E-state index in [0.29, 0.717) is 52.8 Å². The van der Waals surface area contributed by atoms with Crippen LogP contribution < -0.4 is 0 Å². The maximum Gasteiger partial charge on any atom is 0.187 e. The van der Waals surface area contributed by atoms with Crippen molar-refractivity contribution < 1.29 is 18.6 Å². The molecule has 5 saturated carbocycles. The average Bonchev–Trinajstić information content (AvgIpc) is 3.17. The molecule has 0 bridgehead atoms. The molecule has 5 heteroatoms. The van der Waals surface area contributed by atoms with Crippen LogP contribution in [0.3, 0.4) is 0 Å². The third-order valence-electron chi connectivity index (χ3n) is 14.2. The molecule has 1 heterocycles. The minimum atomic E-state index is -1.66. The van der Waals surface area contributed by atoms with Crippen molar-refractivity contribution in [2.45, 2.75) is 123 Å². The van der Waals surface area contributed by atoms with E-state index in [1.807, 2.05) is 7.11 Å². The normalized spacial score (nSPS) is 52.3. The number of fused-ring (bicyclic) bond motifs is 4. The quantitative estimate of drug-likeness (QED) is 0.230. The molecule has 13 atom stereocenters. The number of ether oxygens (including phenoxy) is 3. The van der Waals surface area contributed by atoms with Crippen molar-refractivity contribution in [1.82, 2.24) is 0 Å². The zero-order valence-electron chi connectivity index (χ0n) is 26.1. The SMILES string of the molecule is COCO[C@H]([C@@H](C)[C@H]1CC[C@H]2[C@@H]3C[C@@H](OC)[C@]45C[C@H]4CC[C@]5(C)[C@H]3CC[C@]12C)[C@@H]1O[Si](C)(C)C[C@H]1C(C)C. The van der Waals surface area contributed by atoms with Gasteiger partial charge in [-0.3, -0.25) is 0 Å². The Morgan fingerprint density at radius 1 is 0.974 bits per heavy atom. The Balaban J connectivity index is 1.27. The van der Waals surface area contributed by atoms with E-state index < -0.39 is 8.32 Å². The highest BCUT2D eigenvalue weighted by Gasteiger charge is 2.77. The van der Waals surface area contributed by atoms with Gasteiger partial charge in [0.15, 0.2) is 8.32 Å². The van der Waals surface area contributed by atoms with E-state index in [0.717, 1.165) is 23.7 Å². The summed E-state index contributed by atoms with van der Waals surface area (Å²) in [7, 11) is 2.12. The topological polar surface area (TPSA) is 36.9 Å². The minimum Gasteiger partial charge on any atom is -0.412 e. The van der Waals surface area contributed by atoms with Crippen LogP contribution in [0, 0.1) is 63.6 Å². The number of rotatable bonds is 8. The van der Waals surface area contributed by atoms with Gasteiger partial charge in [0.05, 0.1) is 18.3 Å². The molecule has 5 aliphatic carbocycles. The van der Waals surface area contributed by atoms with Crippen LogP contribution in [-0.2, 0) is 18.6 Å². The van der Waals surface area contributed by atoms with Gasteiger partial charge in [-0.2, -0.15) is 0 Å². The summed E-state index contributed by atoms with van der Waals surface area (Å²) in [4.78, 5) is 0. The molecule has 0 radical (unpaired) electrons. The van der Waals surface area contributed by atoms with Crippen LogP contribution in [0.15, 0.2) is 0 Å². The maximum absolute atomic E-state index is 6.96. The standard InChI is InChI=1S/C33H58O4Si/c1-20(2)24-18-38(8,9)37-30(24)29(36-19-34-6)21(3)25-10-11-26-23-16-28(35-7)33-17-22(33)12-15-32(33,5)27(23)13-14-31(25,26)4/h20-30H,10-19H2,1-9H3/t21-,22+,23-,24-,25+,26-,27-,28+,29+,30+,31+,32+,33-/m0/s1.